The maximum absolute atomic E-state index is 4.52. The van der Waals surface area contributed by atoms with Gasteiger partial charge in [0.15, 0.2) is 0 Å². The number of hydrogen-bond donors (Lipinski definition) is 1. The van der Waals surface area contributed by atoms with Crippen molar-refractivity contribution in [1.29, 1.82) is 0 Å². The van der Waals surface area contributed by atoms with Gasteiger partial charge in [0.05, 0.1) is 5.39 Å². The second-order valence-electron chi connectivity index (χ2n) is 5.77. The van der Waals surface area contributed by atoms with Gasteiger partial charge in [-0.25, -0.2) is 9.97 Å². The molecule has 0 spiro atoms. The van der Waals surface area contributed by atoms with Gasteiger partial charge in [-0.05, 0) is 31.5 Å². The monoisotopic (exact) mass is 273 g/mol. The third-order valence-corrected chi connectivity index (χ3v) is 4.61. The van der Waals surface area contributed by atoms with Crippen molar-refractivity contribution in [3.63, 3.8) is 0 Å². The molecule has 2 aromatic heterocycles. The molecule has 2 aromatic rings. The normalized spacial score (nSPS) is 24.1. The van der Waals surface area contributed by atoms with Gasteiger partial charge in [-0.3, -0.25) is 0 Å². The molecule has 108 valence electrons. The predicted octanol–water partition coefficient (Wildman–Crippen LogP) is 2.12. The number of H-pyrrole nitrogens is 1. The third-order valence-electron chi connectivity index (χ3n) is 4.61. The summed E-state index contributed by atoms with van der Waals surface area (Å²) < 4.78 is 0. The van der Waals surface area contributed by atoms with E-state index in [2.05, 4.69) is 51.7 Å². The molecular weight excluding hydrogens is 250 g/mol. The van der Waals surface area contributed by atoms with E-state index in [1.807, 2.05) is 6.20 Å². The Morgan fingerprint density at radius 2 is 2.30 bits per heavy atom. The van der Waals surface area contributed by atoms with Crippen LogP contribution in [0, 0.1) is 5.92 Å². The van der Waals surface area contributed by atoms with Crippen LogP contribution >= 0.6 is 0 Å². The van der Waals surface area contributed by atoms with E-state index in [0.29, 0.717) is 12.0 Å². The van der Waals surface area contributed by atoms with Crippen LogP contribution in [0.25, 0.3) is 11.0 Å². The lowest BCUT2D eigenvalue weighted by Gasteiger charge is -2.42. The topological polar surface area (TPSA) is 48.1 Å². The second-order valence-corrected chi connectivity index (χ2v) is 5.77. The van der Waals surface area contributed by atoms with E-state index in [9.17, 15) is 0 Å². The van der Waals surface area contributed by atoms with Gasteiger partial charge in [0, 0.05) is 25.8 Å². The lowest BCUT2D eigenvalue weighted by Crippen LogP contribution is -2.51. The first-order chi connectivity index (χ1) is 9.70. The van der Waals surface area contributed by atoms with Crippen molar-refractivity contribution in [3.8, 4) is 0 Å². The van der Waals surface area contributed by atoms with Gasteiger partial charge in [-0.1, -0.05) is 13.8 Å². The average Bonchev–Trinajstić information content (AvgIpc) is 2.95. The smallest absolute Gasteiger partial charge is 0.142 e. The fourth-order valence-corrected chi connectivity index (χ4v) is 3.20. The van der Waals surface area contributed by atoms with Gasteiger partial charge in [-0.2, -0.15) is 0 Å². The molecule has 0 aromatic carbocycles. The van der Waals surface area contributed by atoms with Gasteiger partial charge in [0.1, 0.15) is 17.8 Å². The standard InChI is InChI=1S/C15H23N5/c1-4-20-8-6-11(2)13(9-20)19(3)15-12-5-7-16-14(12)17-10-18-15/h5,7,10-11,13H,4,6,8-9H2,1-3H3,(H,16,17,18). The molecule has 1 aliphatic heterocycles. The first-order valence-electron chi connectivity index (χ1n) is 7.44. The fraction of sp³-hybridized carbons (Fsp3) is 0.600. The van der Waals surface area contributed by atoms with Crippen LogP contribution in [0.5, 0.6) is 0 Å². The Labute approximate surface area is 120 Å². The van der Waals surface area contributed by atoms with Gasteiger partial charge < -0.3 is 14.8 Å². The number of aromatic nitrogens is 3. The summed E-state index contributed by atoms with van der Waals surface area (Å²) in [7, 11) is 2.16. The molecule has 0 saturated carbocycles. The number of rotatable bonds is 3. The number of likely N-dealkylation sites (tertiary alicyclic amines) is 1. The van der Waals surface area contributed by atoms with Crippen LogP contribution < -0.4 is 4.90 Å². The van der Waals surface area contributed by atoms with Gasteiger partial charge in [-0.15, -0.1) is 0 Å². The van der Waals surface area contributed by atoms with Crippen LogP contribution in [0.4, 0.5) is 5.82 Å². The highest BCUT2D eigenvalue weighted by atomic mass is 15.3. The average molecular weight is 273 g/mol. The molecule has 3 heterocycles. The van der Waals surface area contributed by atoms with Crippen LogP contribution in [0.3, 0.4) is 0 Å². The molecule has 0 amide bonds. The van der Waals surface area contributed by atoms with E-state index in [4.69, 9.17) is 0 Å². The van der Waals surface area contributed by atoms with Crippen molar-refractivity contribution in [2.24, 2.45) is 5.92 Å². The maximum atomic E-state index is 4.52. The number of piperidine rings is 1. The molecule has 1 fully saturated rings. The Kier molecular flexibility index (Phi) is 3.61. The Balaban J connectivity index is 1.90. The lowest BCUT2D eigenvalue weighted by molar-refractivity contribution is 0.173. The van der Waals surface area contributed by atoms with Crippen LogP contribution in [0.15, 0.2) is 18.6 Å². The second kappa shape index (κ2) is 5.40. The zero-order valence-electron chi connectivity index (χ0n) is 12.5. The molecule has 20 heavy (non-hydrogen) atoms. The Morgan fingerprint density at radius 3 is 3.10 bits per heavy atom. The van der Waals surface area contributed by atoms with E-state index in [-0.39, 0.29) is 0 Å². The summed E-state index contributed by atoms with van der Waals surface area (Å²) in [4.78, 5) is 16.8. The SMILES string of the molecule is CCN1CCC(C)C(N(C)c2ncnc3[nH]ccc23)C1. The lowest BCUT2D eigenvalue weighted by atomic mass is 9.92. The van der Waals surface area contributed by atoms with Gasteiger partial charge >= 0.3 is 0 Å². The summed E-state index contributed by atoms with van der Waals surface area (Å²) in [5.74, 6) is 1.72. The molecule has 1 saturated heterocycles. The van der Waals surface area contributed by atoms with Crippen molar-refractivity contribution >= 4 is 16.9 Å². The Morgan fingerprint density at radius 1 is 1.45 bits per heavy atom. The minimum absolute atomic E-state index is 0.511. The molecule has 2 atom stereocenters. The number of aromatic amines is 1. The summed E-state index contributed by atoms with van der Waals surface area (Å²) in [6.07, 6.45) is 4.83. The molecule has 1 aliphatic rings. The highest BCUT2D eigenvalue weighted by Gasteiger charge is 2.29. The van der Waals surface area contributed by atoms with Crippen molar-refractivity contribution in [2.45, 2.75) is 26.3 Å². The van der Waals surface area contributed by atoms with Gasteiger partial charge in [0.2, 0.25) is 0 Å². The van der Waals surface area contributed by atoms with Crippen LogP contribution in [0.2, 0.25) is 0 Å². The molecule has 0 bridgehead atoms. The van der Waals surface area contributed by atoms with Crippen molar-refractivity contribution in [3.05, 3.63) is 18.6 Å². The summed E-state index contributed by atoms with van der Waals surface area (Å²) in [6.45, 7) is 8.04. The molecule has 0 aliphatic carbocycles. The van der Waals surface area contributed by atoms with E-state index in [1.54, 1.807) is 6.33 Å². The molecule has 3 rings (SSSR count). The zero-order valence-corrected chi connectivity index (χ0v) is 12.5. The first kappa shape index (κ1) is 13.4. The number of anilines is 1. The van der Waals surface area contributed by atoms with Crippen molar-refractivity contribution in [1.82, 2.24) is 19.9 Å². The Bertz CT molecular complexity index is 578. The Hall–Kier alpha value is -1.62. The summed E-state index contributed by atoms with van der Waals surface area (Å²) >= 11 is 0. The number of nitrogens with zero attached hydrogens (tertiary/aromatic N) is 4. The van der Waals surface area contributed by atoms with Crippen LogP contribution in [-0.2, 0) is 0 Å². The van der Waals surface area contributed by atoms with E-state index >= 15 is 0 Å². The van der Waals surface area contributed by atoms with Crippen molar-refractivity contribution in [2.75, 3.05) is 31.6 Å². The summed E-state index contributed by atoms with van der Waals surface area (Å²) in [6, 6.07) is 2.57. The quantitative estimate of drug-likeness (QED) is 0.930. The molecule has 5 heteroatoms. The molecule has 2 unspecified atom stereocenters. The predicted molar refractivity (Wildman–Crippen MR) is 82.0 cm³/mol. The first-order valence-corrected chi connectivity index (χ1v) is 7.44. The van der Waals surface area contributed by atoms with Crippen molar-refractivity contribution < 1.29 is 0 Å². The van der Waals surface area contributed by atoms with E-state index in [0.717, 1.165) is 29.9 Å². The van der Waals surface area contributed by atoms with Crippen LogP contribution in [-0.4, -0.2) is 52.6 Å². The summed E-state index contributed by atoms with van der Waals surface area (Å²) in [5.41, 5.74) is 0.915. The number of hydrogen-bond acceptors (Lipinski definition) is 4. The molecule has 5 nitrogen and oxygen atoms in total. The molecule has 1 N–H and O–H groups in total. The maximum Gasteiger partial charge on any atom is 0.142 e. The number of likely N-dealkylation sites (N-methyl/N-ethyl adjacent to an activating group) is 2. The minimum Gasteiger partial charge on any atom is -0.354 e. The molecule has 0 radical (unpaired) electrons. The molecular formula is C15H23N5. The third kappa shape index (κ3) is 2.26. The van der Waals surface area contributed by atoms with E-state index < -0.39 is 0 Å². The number of nitrogens with one attached hydrogen (secondary N) is 1. The zero-order chi connectivity index (χ0) is 14.1. The number of fused-ring (bicyclic) bond motifs is 1. The highest BCUT2D eigenvalue weighted by Crippen LogP contribution is 2.28. The largest absolute Gasteiger partial charge is 0.354 e. The van der Waals surface area contributed by atoms with Gasteiger partial charge in [0.25, 0.3) is 0 Å². The summed E-state index contributed by atoms with van der Waals surface area (Å²) in [5, 5.41) is 1.11. The highest BCUT2D eigenvalue weighted by molar-refractivity contribution is 5.87. The fourth-order valence-electron chi connectivity index (χ4n) is 3.20. The minimum atomic E-state index is 0.511. The van der Waals surface area contributed by atoms with E-state index in [1.165, 1.54) is 13.0 Å². The van der Waals surface area contributed by atoms with Crippen LogP contribution in [0.1, 0.15) is 20.3 Å².